The first-order chi connectivity index (χ1) is 22.3. The van der Waals surface area contributed by atoms with Crippen molar-refractivity contribution in [2.24, 2.45) is 0 Å². The van der Waals surface area contributed by atoms with Crippen molar-refractivity contribution < 1.29 is 4.42 Å². The van der Waals surface area contributed by atoms with Crippen LogP contribution in [0.25, 0.3) is 98.9 Å². The van der Waals surface area contributed by atoms with Crippen LogP contribution in [0.2, 0.25) is 0 Å². The Kier molecular flexibility index (Phi) is 5.00. The number of hydrogen-bond donors (Lipinski definition) is 2. The second-order valence-electron chi connectivity index (χ2n) is 11.8. The summed E-state index contributed by atoms with van der Waals surface area (Å²) in [4.78, 5) is 7.65. The van der Waals surface area contributed by atoms with Crippen LogP contribution in [0.15, 0.2) is 150 Å². The van der Waals surface area contributed by atoms with E-state index in [1.165, 1.54) is 49.4 Å². The van der Waals surface area contributed by atoms with Gasteiger partial charge in [-0.3, -0.25) is 0 Å². The van der Waals surface area contributed by atoms with Crippen LogP contribution in [-0.4, -0.2) is 9.97 Å². The number of benzene rings is 7. The molecule has 10 rings (SSSR count). The molecule has 0 aliphatic rings. The van der Waals surface area contributed by atoms with Gasteiger partial charge in [0, 0.05) is 54.5 Å². The third kappa shape index (κ3) is 3.46. The Hall–Kier alpha value is -6.06. The molecule has 3 aromatic heterocycles. The number of nitrogens with one attached hydrogen (secondary N) is 2. The number of aromatic nitrogens is 2. The van der Waals surface area contributed by atoms with Gasteiger partial charge in [0.1, 0.15) is 11.2 Å². The van der Waals surface area contributed by atoms with E-state index in [2.05, 4.69) is 149 Å². The summed E-state index contributed by atoms with van der Waals surface area (Å²) >= 11 is 0. The lowest BCUT2D eigenvalue weighted by molar-refractivity contribution is 0.669. The zero-order valence-corrected chi connectivity index (χ0v) is 24.3. The highest BCUT2D eigenvalue weighted by molar-refractivity contribution is 6.24. The summed E-state index contributed by atoms with van der Waals surface area (Å²) in [5.41, 5.74) is 13.4. The summed E-state index contributed by atoms with van der Waals surface area (Å²) in [7, 11) is 0. The predicted molar refractivity (Wildman–Crippen MR) is 189 cm³/mol. The molecule has 0 saturated heterocycles. The van der Waals surface area contributed by atoms with Gasteiger partial charge in [-0.25, -0.2) is 0 Å². The van der Waals surface area contributed by atoms with Crippen molar-refractivity contribution >= 4 is 65.6 Å². The Morgan fingerprint density at radius 2 is 0.978 bits per heavy atom. The minimum absolute atomic E-state index is 0.889. The summed E-state index contributed by atoms with van der Waals surface area (Å²) in [5, 5.41) is 7.13. The topological polar surface area (TPSA) is 44.7 Å². The first kappa shape index (κ1) is 24.4. The molecular formula is C42H26N2O. The number of para-hydroxylation sites is 4. The van der Waals surface area contributed by atoms with Crippen LogP contribution in [-0.2, 0) is 0 Å². The molecule has 0 saturated carbocycles. The van der Waals surface area contributed by atoms with E-state index in [9.17, 15) is 0 Å². The number of rotatable bonds is 3. The van der Waals surface area contributed by atoms with Crippen LogP contribution in [0.3, 0.4) is 0 Å². The molecule has 2 N–H and O–H groups in total. The fourth-order valence-corrected chi connectivity index (χ4v) is 7.45. The molecule has 3 heterocycles. The molecule has 0 spiro atoms. The van der Waals surface area contributed by atoms with Crippen LogP contribution in [0, 0.1) is 0 Å². The third-order valence-electron chi connectivity index (χ3n) is 9.37. The Balaban J connectivity index is 1.45. The van der Waals surface area contributed by atoms with Crippen molar-refractivity contribution in [3.63, 3.8) is 0 Å². The SMILES string of the molecule is c1ccc(-c2c(-c3cccc4c3[nH]c3ccccc34)cc3c([nH]c4ccccc43)c2-c2cccc3oc4ccccc4c23)cc1. The quantitative estimate of drug-likeness (QED) is 0.217. The zero-order valence-electron chi connectivity index (χ0n) is 24.3. The highest BCUT2D eigenvalue weighted by Crippen LogP contribution is 2.50. The average molecular weight is 575 g/mol. The van der Waals surface area contributed by atoms with Crippen LogP contribution >= 0.6 is 0 Å². The Labute approximate surface area is 258 Å². The van der Waals surface area contributed by atoms with Gasteiger partial charge in [-0.1, -0.05) is 115 Å². The van der Waals surface area contributed by atoms with Gasteiger partial charge in [0.2, 0.25) is 0 Å². The molecular weight excluding hydrogens is 548 g/mol. The average Bonchev–Trinajstić information content (AvgIpc) is 3.79. The number of furan rings is 1. The van der Waals surface area contributed by atoms with Crippen molar-refractivity contribution in [2.75, 3.05) is 0 Å². The second kappa shape index (κ2) is 9.22. The van der Waals surface area contributed by atoms with Gasteiger partial charge in [-0.2, -0.15) is 0 Å². The highest BCUT2D eigenvalue weighted by atomic mass is 16.3. The highest BCUT2D eigenvalue weighted by Gasteiger charge is 2.24. The van der Waals surface area contributed by atoms with E-state index in [0.717, 1.165) is 49.6 Å². The molecule has 0 aliphatic carbocycles. The minimum atomic E-state index is 0.889. The van der Waals surface area contributed by atoms with E-state index < -0.39 is 0 Å². The summed E-state index contributed by atoms with van der Waals surface area (Å²) in [5.74, 6) is 0. The minimum Gasteiger partial charge on any atom is -0.456 e. The van der Waals surface area contributed by atoms with Crippen LogP contribution in [0.1, 0.15) is 0 Å². The van der Waals surface area contributed by atoms with Crippen LogP contribution in [0.4, 0.5) is 0 Å². The lowest BCUT2D eigenvalue weighted by atomic mass is 9.84. The molecule has 0 bridgehead atoms. The van der Waals surface area contributed by atoms with E-state index in [1.54, 1.807) is 0 Å². The standard InChI is InChI=1S/C42H26N2O/c1-2-12-25(13-3-1)38-32(29-18-10-17-28-26-14-4-7-20-34(26)43-41(28)29)24-33-27-15-5-8-21-35(27)44-42(33)40(38)31-19-11-23-37-39(31)30-16-6-9-22-36(30)45-37/h1-24,43-44H. The monoisotopic (exact) mass is 574 g/mol. The predicted octanol–water partition coefficient (Wildman–Crippen LogP) is 11.9. The summed E-state index contributed by atoms with van der Waals surface area (Å²) in [6, 6.07) is 51.9. The van der Waals surface area contributed by atoms with Crippen molar-refractivity contribution in [1.82, 2.24) is 9.97 Å². The first-order valence-corrected chi connectivity index (χ1v) is 15.4. The fourth-order valence-electron chi connectivity index (χ4n) is 7.45. The molecule has 0 fully saturated rings. The molecule has 10 aromatic rings. The fraction of sp³-hybridized carbons (Fsp3) is 0. The molecule has 0 aliphatic heterocycles. The maximum Gasteiger partial charge on any atom is 0.136 e. The lowest BCUT2D eigenvalue weighted by Gasteiger charge is -2.19. The maximum absolute atomic E-state index is 6.42. The number of fused-ring (bicyclic) bond motifs is 9. The van der Waals surface area contributed by atoms with E-state index in [0.29, 0.717) is 0 Å². The van der Waals surface area contributed by atoms with E-state index in [4.69, 9.17) is 4.42 Å². The smallest absolute Gasteiger partial charge is 0.136 e. The third-order valence-corrected chi connectivity index (χ3v) is 9.37. The Morgan fingerprint density at radius 1 is 0.378 bits per heavy atom. The molecule has 210 valence electrons. The van der Waals surface area contributed by atoms with Gasteiger partial charge in [0.05, 0.1) is 11.0 Å². The summed E-state index contributed by atoms with van der Waals surface area (Å²) < 4.78 is 6.42. The number of aromatic amines is 2. The van der Waals surface area contributed by atoms with Crippen LogP contribution in [0.5, 0.6) is 0 Å². The van der Waals surface area contributed by atoms with E-state index in [1.807, 2.05) is 6.07 Å². The summed E-state index contributed by atoms with van der Waals surface area (Å²) in [6.07, 6.45) is 0. The van der Waals surface area contributed by atoms with Crippen molar-refractivity contribution in [2.45, 2.75) is 0 Å². The number of hydrogen-bond acceptors (Lipinski definition) is 1. The molecule has 3 heteroatoms. The second-order valence-corrected chi connectivity index (χ2v) is 11.8. The van der Waals surface area contributed by atoms with E-state index >= 15 is 0 Å². The van der Waals surface area contributed by atoms with Crippen LogP contribution < -0.4 is 0 Å². The molecule has 0 atom stereocenters. The molecule has 0 radical (unpaired) electrons. The van der Waals surface area contributed by atoms with Gasteiger partial charge in [-0.05, 0) is 52.6 Å². The maximum atomic E-state index is 6.42. The molecule has 0 unspecified atom stereocenters. The normalized spacial score (nSPS) is 12.0. The van der Waals surface area contributed by atoms with Gasteiger partial charge < -0.3 is 14.4 Å². The van der Waals surface area contributed by atoms with Gasteiger partial charge in [-0.15, -0.1) is 0 Å². The number of H-pyrrole nitrogens is 2. The Bertz CT molecular complexity index is 2760. The first-order valence-electron chi connectivity index (χ1n) is 15.4. The van der Waals surface area contributed by atoms with Crippen molar-refractivity contribution in [3.8, 4) is 33.4 Å². The molecule has 3 nitrogen and oxygen atoms in total. The molecule has 45 heavy (non-hydrogen) atoms. The molecule has 0 amide bonds. The van der Waals surface area contributed by atoms with E-state index in [-0.39, 0.29) is 0 Å². The molecule has 7 aromatic carbocycles. The van der Waals surface area contributed by atoms with Gasteiger partial charge in [0.15, 0.2) is 0 Å². The van der Waals surface area contributed by atoms with Crippen molar-refractivity contribution in [1.29, 1.82) is 0 Å². The largest absolute Gasteiger partial charge is 0.456 e. The zero-order chi connectivity index (χ0) is 29.5. The van der Waals surface area contributed by atoms with Gasteiger partial charge >= 0.3 is 0 Å². The lowest BCUT2D eigenvalue weighted by Crippen LogP contribution is -1.94. The summed E-state index contributed by atoms with van der Waals surface area (Å²) in [6.45, 7) is 0. The van der Waals surface area contributed by atoms with Crippen molar-refractivity contribution in [3.05, 3.63) is 146 Å². The van der Waals surface area contributed by atoms with Gasteiger partial charge in [0.25, 0.3) is 0 Å². The Morgan fingerprint density at radius 3 is 1.80 bits per heavy atom.